The Kier molecular flexibility index (Phi) is 3.23. The molecular weight excluding hydrogens is 228 g/mol. The van der Waals surface area contributed by atoms with Crippen LogP contribution in [0.15, 0.2) is 18.5 Å². The third-order valence-electron chi connectivity index (χ3n) is 2.66. The third-order valence-corrected chi connectivity index (χ3v) is 2.66. The molecule has 0 fully saturated rings. The van der Waals surface area contributed by atoms with Gasteiger partial charge in [0.05, 0.1) is 41.3 Å². The van der Waals surface area contributed by atoms with Crippen molar-refractivity contribution < 1.29 is 4.74 Å². The van der Waals surface area contributed by atoms with Crippen molar-refractivity contribution in [3.05, 3.63) is 29.8 Å². The molecule has 2 rings (SSSR count). The monoisotopic (exact) mass is 246 g/mol. The van der Waals surface area contributed by atoms with Crippen LogP contribution in [0.2, 0.25) is 0 Å². The molecule has 0 amide bonds. The van der Waals surface area contributed by atoms with Gasteiger partial charge in [0.25, 0.3) is 0 Å². The first-order valence-electron chi connectivity index (χ1n) is 5.93. The smallest absolute Gasteiger partial charge is 0.140 e. The van der Waals surface area contributed by atoms with Gasteiger partial charge in [-0.15, -0.1) is 0 Å². The molecule has 0 radical (unpaired) electrons. The summed E-state index contributed by atoms with van der Waals surface area (Å²) in [6, 6.07) is 1.91. The number of nitrogen functional groups attached to an aromatic ring is 1. The van der Waals surface area contributed by atoms with Gasteiger partial charge in [-0.1, -0.05) is 0 Å². The first-order chi connectivity index (χ1) is 8.49. The van der Waals surface area contributed by atoms with Crippen LogP contribution >= 0.6 is 0 Å². The molecule has 0 saturated carbocycles. The minimum atomic E-state index is 0.118. The van der Waals surface area contributed by atoms with Crippen molar-refractivity contribution in [1.29, 1.82) is 0 Å². The Morgan fingerprint density at radius 1 is 1.28 bits per heavy atom. The van der Waals surface area contributed by atoms with E-state index in [1.165, 1.54) is 0 Å². The van der Waals surface area contributed by atoms with E-state index < -0.39 is 0 Å². The van der Waals surface area contributed by atoms with Crippen LogP contribution in [0.1, 0.15) is 25.2 Å². The average molecular weight is 246 g/mol. The molecular formula is C13H18N4O. The minimum Gasteiger partial charge on any atom is -0.489 e. The zero-order chi connectivity index (χ0) is 13.3. The lowest BCUT2D eigenvalue weighted by atomic mass is 10.3. The van der Waals surface area contributed by atoms with Gasteiger partial charge >= 0.3 is 0 Å². The highest BCUT2D eigenvalue weighted by molar-refractivity contribution is 5.50. The molecule has 2 N–H and O–H groups in total. The maximum Gasteiger partial charge on any atom is 0.140 e. The van der Waals surface area contributed by atoms with E-state index >= 15 is 0 Å². The molecule has 5 heteroatoms. The Bertz CT molecular complexity index is 560. The van der Waals surface area contributed by atoms with E-state index in [2.05, 4.69) is 10.1 Å². The number of ether oxygens (including phenoxy) is 1. The number of hydrogen-bond donors (Lipinski definition) is 1. The summed E-state index contributed by atoms with van der Waals surface area (Å²) in [6.45, 7) is 7.79. The van der Waals surface area contributed by atoms with Crippen molar-refractivity contribution in [3.63, 3.8) is 0 Å². The second-order valence-corrected chi connectivity index (χ2v) is 4.54. The lowest BCUT2D eigenvalue weighted by Crippen LogP contribution is -2.07. The van der Waals surface area contributed by atoms with E-state index in [9.17, 15) is 0 Å². The van der Waals surface area contributed by atoms with Gasteiger partial charge in [0.1, 0.15) is 5.75 Å². The highest BCUT2D eigenvalue weighted by atomic mass is 16.5. The van der Waals surface area contributed by atoms with Gasteiger partial charge in [-0.3, -0.25) is 4.98 Å². The van der Waals surface area contributed by atoms with Gasteiger partial charge in [-0.25, -0.2) is 4.68 Å². The van der Waals surface area contributed by atoms with Gasteiger partial charge in [0, 0.05) is 6.07 Å². The normalized spacial score (nSPS) is 10.9. The van der Waals surface area contributed by atoms with Crippen LogP contribution in [0, 0.1) is 13.8 Å². The van der Waals surface area contributed by atoms with Crippen LogP contribution < -0.4 is 10.5 Å². The van der Waals surface area contributed by atoms with Crippen LogP contribution in [-0.2, 0) is 0 Å². The number of nitrogens with two attached hydrogens (primary N) is 1. The summed E-state index contributed by atoms with van der Waals surface area (Å²) in [5.74, 6) is 0.730. The topological polar surface area (TPSA) is 66.0 Å². The van der Waals surface area contributed by atoms with Crippen molar-refractivity contribution in [1.82, 2.24) is 14.8 Å². The molecule has 2 aromatic heterocycles. The maximum absolute atomic E-state index is 5.92. The third kappa shape index (κ3) is 2.30. The van der Waals surface area contributed by atoms with Gasteiger partial charge in [-0.05, 0) is 27.7 Å². The summed E-state index contributed by atoms with van der Waals surface area (Å²) in [5.41, 5.74) is 9.22. The lowest BCUT2D eigenvalue weighted by molar-refractivity contribution is 0.241. The fourth-order valence-electron chi connectivity index (χ4n) is 1.77. The Labute approximate surface area is 107 Å². The minimum absolute atomic E-state index is 0.118. The molecule has 0 spiro atoms. The van der Waals surface area contributed by atoms with Crippen LogP contribution in [0.4, 0.5) is 5.69 Å². The SMILES string of the molecule is Cc1nn(-c2cncc(OC(C)C)c2)c(C)c1N. The largest absolute Gasteiger partial charge is 0.489 e. The molecule has 2 aromatic rings. The average Bonchev–Trinajstić information content (AvgIpc) is 2.56. The summed E-state index contributed by atoms with van der Waals surface area (Å²) >= 11 is 0. The second kappa shape index (κ2) is 4.68. The maximum atomic E-state index is 5.92. The van der Waals surface area contributed by atoms with E-state index in [1.807, 2.05) is 33.8 Å². The molecule has 5 nitrogen and oxygen atoms in total. The zero-order valence-electron chi connectivity index (χ0n) is 11.1. The summed E-state index contributed by atoms with van der Waals surface area (Å²) < 4.78 is 7.40. The number of aromatic nitrogens is 3. The number of hydrogen-bond acceptors (Lipinski definition) is 4. The quantitative estimate of drug-likeness (QED) is 0.902. The predicted octanol–water partition coefficient (Wildman–Crippen LogP) is 2.25. The van der Waals surface area contributed by atoms with Gasteiger partial charge in [0.2, 0.25) is 0 Å². The number of anilines is 1. The Morgan fingerprint density at radius 3 is 2.56 bits per heavy atom. The van der Waals surface area contributed by atoms with Gasteiger partial charge in [-0.2, -0.15) is 5.10 Å². The zero-order valence-corrected chi connectivity index (χ0v) is 11.1. The first kappa shape index (κ1) is 12.4. The molecule has 0 atom stereocenters. The standard InChI is InChI=1S/C13H18N4O/c1-8(2)18-12-5-11(6-15-7-12)17-10(4)13(14)9(3)16-17/h5-8H,14H2,1-4H3. The van der Waals surface area contributed by atoms with E-state index in [4.69, 9.17) is 10.5 Å². The van der Waals surface area contributed by atoms with Crippen LogP contribution in [-0.4, -0.2) is 20.9 Å². The van der Waals surface area contributed by atoms with Crippen molar-refractivity contribution in [2.24, 2.45) is 0 Å². The van der Waals surface area contributed by atoms with Gasteiger partial charge < -0.3 is 10.5 Å². The summed E-state index contributed by atoms with van der Waals surface area (Å²) in [4.78, 5) is 4.17. The molecule has 2 heterocycles. The van der Waals surface area contributed by atoms with E-state index in [1.54, 1.807) is 17.1 Å². The molecule has 96 valence electrons. The van der Waals surface area contributed by atoms with E-state index in [0.29, 0.717) is 5.69 Å². The number of aryl methyl sites for hydroxylation is 1. The van der Waals surface area contributed by atoms with E-state index in [0.717, 1.165) is 22.8 Å². The molecule has 0 aromatic carbocycles. The lowest BCUT2D eigenvalue weighted by Gasteiger charge is -2.11. The fourth-order valence-corrected chi connectivity index (χ4v) is 1.77. The molecule has 0 aliphatic carbocycles. The number of rotatable bonds is 3. The Balaban J connectivity index is 2.41. The van der Waals surface area contributed by atoms with Crippen LogP contribution in [0.5, 0.6) is 5.75 Å². The first-order valence-corrected chi connectivity index (χ1v) is 5.93. The van der Waals surface area contributed by atoms with E-state index in [-0.39, 0.29) is 6.10 Å². The molecule has 0 aliphatic rings. The molecule has 0 unspecified atom stereocenters. The highest BCUT2D eigenvalue weighted by Gasteiger charge is 2.10. The molecule has 0 aliphatic heterocycles. The Hall–Kier alpha value is -2.04. The van der Waals surface area contributed by atoms with Crippen LogP contribution in [0.3, 0.4) is 0 Å². The summed E-state index contributed by atoms with van der Waals surface area (Å²) in [6.07, 6.45) is 3.55. The second-order valence-electron chi connectivity index (χ2n) is 4.54. The molecule has 0 saturated heterocycles. The predicted molar refractivity (Wildman–Crippen MR) is 71.0 cm³/mol. The van der Waals surface area contributed by atoms with Crippen molar-refractivity contribution in [3.8, 4) is 11.4 Å². The highest BCUT2D eigenvalue weighted by Crippen LogP contribution is 2.21. The fraction of sp³-hybridized carbons (Fsp3) is 0.385. The molecule has 18 heavy (non-hydrogen) atoms. The number of pyridine rings is 1. The van der Waals surface area contributed by atoms with Gasteiger partial charge in [0.15, 0.2) is 0 Å². The van der Waals surface area contributed by atoms with Crippen molar-refractivity contribution in [2.45, 2.75) is 33.8 Å². The summed E-state index contributed by atoms with van der Waals surface area (Å²) in [7, 11) is 0. The van der Waals surface area contributed by atoms with Crippen molar-refractivity contribution >= 4 is 5.69 Å². The molecule has 0 bridgehead atoms. The van der Waals surface area contributed by atoms with Crippen LogP contribution in [0.25, 0.3) is 5.69 Å². The Morgan fingerprint density at radius 2 is 2.00 bits per heavy atom. The number of nitrogens with zero attached hydrogens (tertiary/aromatic N) is 3. The summed E-state index contributed by atoms with van der Waals surface area (Å²) in [5, 5.41) is 4.40. The van der Waals surface area contributed by atoms with Crippen molar-refractivity contribution in [2.75, 3.05) is 5.73 Å².